The summed E-state index contributed by atoms with van der Waals surface area (Å²) in [7, 11) is 0. The van der Waals surface area contributed by atoms with Crippen molar-refractivity contribution in [1.29, 1.82) is 0 Å². The Balaban J connectivity index is 1.74. The normalized spacial score (nSPS) is 24.8. The van der Waals surface area contributed by atoms with Gasteiger partial charge in [-0.2, -0.15) is 0 Å². The maximum atomic E-state index is 11.5. The van der Waals surface area contributed by atoms with Gasteiger partial charge in [0.2, 0.25) is 0 Å². The number of ether oxygens (including phenoxy) is 1. The van der Waals surface area contributed by atoms with E-state index in [2.05, 4.69) is 15.3 Å². The first-order chi connectivity index (χ1) is 8.31. The van der Waals surface area contributed by atoms with Crippen LogP contribution in [0, 0.1) is 0 Å². The van der Waals surface area contributed by atoms with E-state index in [0.29, 0.717) is 12.5 Å². The molecule has 2 N–H and O–H groups in total. The zero-order valence-corrected chi connectivity index (χ0v) is 9.74. The second kappa shape index (κ2) is 4.58. The number of morpholine rings is 1. The van der Waals surface area contributed by atoms with Gasteiger partial charge in [-0.25, -0.2) is 4.98 Å². The van der Waals surface area contributed by atoms with Crippen molar-refractivity contribution in [3.05, 3.63) is 27.9 Å². The highest BCUT2D eigenvalue weighted by Gasteiger charge is 2.26. The number of hydrogen-bond donors (Lipinski definition) is 2. The summed E-state index contributed by atoms with van der Waals surface area (Å²) in [6.45, 7) is 2.35. The fourth-order valence-corrected chi connectivity index (χ4v) is 2.19. The van der Waals surface area contributed by atoms with Gasteiger partial charge in [0.05, 0.1) is 13.2 Å². The third kappa shape index (κ3) is 2.73. The smallest absolute Gasteiger partial charge is 0.251 e. The third-order valence-electron chi connectivity index (χ3n) is 3.23. The zero-order chi connectivity index (χ0) is 11.7. The minimum atomic E-state index is -0.0337. The first kappa shape index (κ1) is 10.9. The third-order valence-corrected chi connectivity index (χ3v) is 3.23. The van der Waals surface area contributed by atoms with E-state index in [1.165, 1.54) is 0 Å². The van der Waals surface area contributed by atoms with Crippen LogP contribution in [0.4, 0.5) is 0 Å². The van der Waals surface area contributed by atoms with Crippen molar-refractivity contribution in [2.45, 2.75) is 31.2 Å². The van der Waals surface area contributed by atoms with Gasteiger partial charge in [0.15, 0.2) is 0 Å². The number of aromatic nitrogens is 2. The van der Waals surface area contributed by atoms with Gasteiger partial charge in [0.1, 0.15) is 5.82 Å². The standard InChI is InChI=1S/C12H17N3O2/c16-11-6-9(5-10-7-17-4-3-13-10)14-12(15-11)8-1-2-8/h6,8,10,13H,1-5,7H2,(H,14,15,16). The fourth-order valence-electron chi connectivity index (χ4n) is 2.19. The highest BCUT2D eigenvalue weighted by Crippen LogP contribution is 2.37. The Morgan fingerprint density at radius 3 is 3.06 bits per heavy atom. The number of hydrogen-bond acceptors (Lipinski definition) is 4. The van der Waals surface area contributed by atoms with Gasteiger partial charge in [0.25, 0.3) is 5.56 Å². The van der Waals surface area contributed by atoms with Crippen molar-refractivity contribution >= 4 is 0 Å². The maximum absolute atomic E-state index is 11.5. The molecular weight excluding hydrogens is 218 g/mol. The number of aromatic amines is 1. The molecule has 1 saturated heterocycles. The van der Waals surface area contributed by atoms with Crippen molar-refractivity contribution < 1.29 is 4.74 Å². The zero-order valence-electron chi connectivity index (χ0n) is 9.74. The molecule has 2 fully saturated rings. The molecule has 5 heteroatoms. The minimum Gasteiger partial charge on any atom is -0.379 e. The predicted octanol–water partition coefficient (Wildman–Crippen LogP) is 0.178. The summed E-state index contributed by atoms with van der Waals surface area (Å²) in [5.74, 6) is 1.35. The Bertz CT molecular complexity index is 447. The molecule has 1 saturated carbocycles. The van der Waals surface area contributed by atoms with E-state index in [9.17, 15) is 4.79 Å². The number of H-pyrrole nitrogens is 1. The minimum absolute atomic E-state index is 0.0337. The van der Waals surface area contributed by atoms with Crippen LogP contribution < -0.4 is 10.9 Å². The highest BCUT2D eigenvalue weighted by molar-refractivity contribution is 5.11. The van der Waals surface area contributed by atoms with E-state index in [0.717, 1.165) is 43.9 Å². The lowest BCUT2D eigenvalue weighted by atomic mass is 10.1. The molecule has 1 unspecified atom stereocenters. The molecule has 0 aromatic carbocycles. The Morgan fingerprint density at radius 2 is 2.35 bits per heavy atom. The number of nitrogens with zero attached hydrogens (tertiary/aromatic N) is 1. The summed E-state index contributed by atoms with van der Waals surface area (Å²) in [5.41, 5.74) is 0.840. The van der Waals surface area contributed by atoms with Crippen molar-refractivity contribution in [1.82, 2.24) is 15.3 Å². The summed E-state index contributed by atoms with van der Waals surface area (Å²) >= 11 is 0. The SMILES string of the molecule is O=c1cc(CC2COCCN2)nc(C2CC2)[nH]1. The van der Waals surface area contributed by atoms with E-state index >= 15 is 0 Å². The highest BCUT2D eigenvalue weighted by atomic mass is 16.5. The van der Waals surface area contributed by atoms with Crippen LogP contribution in [0.1, 0.15) is 30.3 Å². The first-order valence-corrected chi connectivity index (χ1v) is 6.22. The molecule has 1 atom stereocenters. The van der Waals surface area contributed by atoms with Gasteiger partial charge in [-0.15, -0.1) is 0 Å². The second-order valence-corrected chi connectivity index (χ2v) is 4.83. The van der Waals surface area contributed by atoms with E-state index in [4.69, 9.17) is 4.74 Å². The van der Waals surface area contributed by atoms with Crippen molar-refractivity contribution in [3.63, 3.8) is 0 Å². The Labute approximate surface area is 99.6 Å². The molecule has 2 aliphatic rings. The summed E-state index contributed by atoms with van der Waals surface area (Å²) < 4.78 is 5.40. The Hall–Kier alpha value is -1.20. The number of rotatable bonds is 3. The second-order valence-electron chi connectivity index (χ2n) is 4.83. The molecule has 0 bridgehead atoms. The van der Waals surface area contributed by atoms with Gasteiger partial charge in [-0.1, -0.05) is 0 Å². The molecule has 0 amide bonds. The van der Waals surface area contributed by atoms with Crippen LogP contribution >= 0.6 is 0 Å². The molecule has 3 rings (SSSR count). The molecule has 1 aliphatic carbocycles. The first-order valence-electron chi connectivity index (χ1n) is 6.22. The van der Waals surface area contributed by atoms with Crippen LogP contribution in [0.5, 0.6) is 0 Å². The lowest BCUT2D eigenvalue weighted by Crippen LogP contribution is -2.42. The van der Waals surface area contributed by atoms with Crippen LogP contribution in [0.2, 0.25) is 0 Å². The molecule has 2 heterocycles. The van der Waals surface area contributed by atoms with Crippen LogP contribution in [-0.2, 0) is 11.2 Å². The lowest BCUT2D eigenvalue weighted by Gasteiger charge is -2.23. The molecular formula is C12H17N3O2. The predicted molar refractivity (Wildman–Crippen MR) is 63.1 cm³/mol. The molecule has 1 aliphatic heterocycles. The molecule has 92 valence electrons. The van der Waals surface area contributed by atoms with Crippen molar-refractivity contribution in [2.24, 2.45) is 0 Å². The topological polar surface area (TPSA) is 67.0 Å². The molecule has 1 aromatic heterocycles. The summed E-state index contributed by atoms with van der Waals surface area (Å²) in [5, 5.41) is 3.37. The van der Waals surface area contributed by atoms with E-state index in [1.54, 1.807) is 6.07 Å². The Morgan fingerprint density at radius 1 is 1.47 bits per heavy atom. The Kier molecular flexibility index (Phi) is 2.94. The molecule has 1 aromatic rings. The monoisotopic (exact) mass is 235 g/mol. The average Bonchev–Trinajstić information content (AvgIpc) is 3.13. The molecule has 0 spiro atoms. The van der Waals surface area contributed by atoms with Crippen molar-refractivity contribution in [2.75, 3.05) is 19.8 Å². The molecule has 17 heavy (non-hydrogen) atoms. The van der Waals surface area contributed by atoms with Crippen LogP contribution in [-0.4, -0.2) is 35.8 Å². The lowest BCUT2D eigenvalue weighted by molar-refractivity contribution is 0.0767. The van der Waals surface area contributed by atoms with E-state index < -0.39 is 0 Å². The van der Waals surface area contributed by atoms with Gasteiger partial charge >= 0.3 is 0 Å². The van der Waals surface area contributed by atoms with Crippen LogP contribution in [0.15, 0.2) is 10.9 Å². The van der Waals surface area contributed by atoms with Gasteiger partial charge in [-0.05, 0) is 12.8 Å². The summed E-state index contributed by atoms with van der Waals surface area (Å²) in [4.78, 5) is 18.9. The maximum Gasteiger partial charge on any atom is 0.251 e. The van der Waals surface area contributed by atoms with E-state index in [1.807, 2.05) is 0 Å². The van der Waals surface area contributed by atoms with Crippen LogP contribution in [0.3, 0.4) is 0 Å². The van der Waals surface area contributed by atoms with Crippen molar-refractivity contribution in [3.8, 4) is 0 Å². The summed E-state index contributed by atoms with van der Waals surface area (Å²) in [6.07, 6.45) is 3.07. The number of nitrogens with one attached hydrogen (secondary N) is 2. The average molecular weight is 235 g/mol. The van der Waals surface area contributed by atoms with Gasteiger partial charge in [0, 0.05) is 36.7 Å². The fraction of sp³-hybridized carbons (Fsp3) is 0.667. The molecule has 5 nitrogen and oxygen atoms in total. The van der Waals surface area contributed by atoms with E-state index in [-0.39, 0.29) is 11.6 Å². The summed E-state index contributed by atoms with van der Waals surface area (Å²) in [6, 6.07) is 1.88. The molecule has 0 radical (unpaired) electrons. The van der Waals surface area contributed by atoms with Gasteiger partial charge in [-0.3, -0.25) is 4.79 Å². The quantitative estimate of drug-likeness (QED) is 0.784. The van der Waals surface area contributed by atoms with Gasteiger partial charge < -0.3 is 15.0 Å². The largest absolute Gasteiger partial charge is 0.379 e. The van der Waals surface area contributed by atoms with Crippen LogP contribution in [0.25, 0.3) is 0 Å².